The van der Waals surface area contributed by atoms with Gasteiger partial charge in [-0.2, -0.15) is 5.10 Å². The SMILES string of the molecule is OCc1nc2n(n1)[C@H](C1C=CC=CC1)C[C@@H]2F. The number of alkyl halides is 1. The number of rotatable bonds is 2. The summed E-state index contributed by atoms with van der Waals surface area (Å²) in [6.07, 6.45) is 8.44. The number of nitrogens with zero attached hydrogens (tertiary/aromatic N) is 3. The molecule has 3 rings (SSSR count). The number of hydrogen-bond acceptors (Lipinski definition) is 3. The number of allylic oxidation sites excluding steroid dienone is 4. The lowest BCUT2D eigenvalue weighted by Gasteiger charge is -2.21. The Morgan fingerprint density at radius 1 is 1.47 bits per heavy atom. The minimum Gasteiger partial charge on any atom is -0.388 e. The van der Waals surface area contributed by atoms with Crippen molar-refractivity contribution in [3.8, 4) is 0 Å². The summed E-state index contributed by atoms with van der Waals surface area (Å²) in [5.74, 6) is 0.942. The molecule has 5 heteroatoms. The van der Waals surface area contributed by atoms with Crippen molar-refractivity contribution in [2.75, 3.05) is 0 Å². The van der Waals surface area contributed by atoms with Gasteiger partial charge < -0.3 is 5.11 Å². The van der Waals surface area contributed by atoms with Gasteiger partial charge in [-0.05, 0) is 6.42 Å². The molecule has 1 aromatic heterocycles. The fourth-order valence-corrected chi connectivity index (χ4v) is 2.56. The van der Waals surface area contributed by atoms with Gasteiger partial charge in [0.25, 0.3) is 0 Å². The van der Waals surface area contributed by atoms with Crippen molar-refractivity contribution in [1.29, 1.82) is 0 Å². The lowest BCUT2D eigenvalue weighted by molar-refractivity contribution is 0.260. The Kier molecular flexibility index (Phi) is 2.55. The average Bonchev–Trinajstić information content (AvgIpc) is 2.91. The van der Waals surface area contributed by atoms with E-state index in [-0.39, 0.29) is 18.6 Å². The van der Waals surface area contributed by atoms with Crippen molar-refractivity contribution in [3.05, 3.63) is 36.0 Å². The molecule has 1 N–H and O–H groups in total. The van der Waals surface area contributed by atoms with Gasteiger partial charge in [-0.25, -0.2) is 14.1 Å². The lowest BCUT2D eigenvalue weighted by atomic mass is 9.91. The van der Waals surface area contributed by atoms with Crippen LogP contribution in [0.25, 0.3) is 0 Å². The molecule has 1 unspecified atom stereocenters. The minimum absolute atomic E-state index is 0.0222. The lowest BCUT2D eigenvalue weighted by Crippen LogP contribution is -2.16. The summed E-state index contributed by atoms with van der Waals surface area (Å²) in [4.78, 5) is 4.02. The summed E-state index contributed by atoms with van der Waals surface area (Å²) in [6, 6.07) is 0.0222. The standard InChI is InChI=1S/C12H14FN3O/c13-9-6-10(8-4-2-1-3-5-8)16-12(9)14-11(7-17)15-16/h1-4,8-10,17H,5-7H2/t8?,9-,10-/m0/s1. The van der Waals surface area contributed by atoms with Crippen molar-refractivity contribution in [1.82, 2.24) is 14.8 Å². The van der Waals surface area contributed by atoms with Gasteiger partial charge in [-0.3, -0.25) is 0 Å². The zero-order valence-corrected chi connectivity index (χ0v) is 9.33. The van der Waals surface area contributed by atoms with Crippen LogP contribution in [0.15, 0.2) is 24.3 Å². The number of halogens is 1. The zero-order chi connectivity index (χ0) is 11.8. The Balaban J connectivity index is 1.91. The van der Waals surface area contributed by atoms with E-state index in [1.807, 2.05) is 12.2 Å². The van der Waals surface area contributed by atoms with Crippen LogP contribution in [0.4, 0.5) is 4.39 Å². The van der Waals surface area contributed by atoms with E-state index in [0.29, 0.717) is 18.1 Å². The van der Waals surface area contributed by atoms with Crippen LogP contribution in [0.5, 0.6) is 0 Å². The fourth-order valence-electron chi connectivity index (χ4n) is 2.56. The van der Waals surface area contributed by atoms with Crippen molar-refractivity contribution in [2.24, 2.45) is 5.92 Å². The molecule has 3 atom stereocenters. The second-order valence-corrected chi connectivity index (χ2v) is 4.47. The molecule has 0 bridgehead atoms. The van der Waals surface area contributed by atoms with E-state index in [1.54, 1.807) is 4.68 Å². The largest absolute Gasteiger partial charge is 0.388 e. The first kappa shape index (κ1) is 10.7. The Bertz CT molecular complexity index is 480. The molecule has 2 aliphatic rings. The van der Waals surface area contributed by atoms with Gasteiger partial charge in [0, 0.05) is 12.3 Å². The van der Waals surface area contributed by atoms with Gasteiger partial charge in [0.1, 0.15) is 6.61 Å². The second kappa shape index (κ2) is 4.07. The first-order valence-electron chi connectivity index (χ1n) is 5.83. The maximum Gasteiger partial charge on any atom is 0.176 e. The van der Waals surface area contributed by atoms with Crippen LogP contribution in [0.1, 0.15) is 36.7 Å². The Labute approximate surface area is 98.5 Å². The maximum absolute atomic E-state index is 13.8. The third-order valence-electron chi connectivity index (χ3n) is 3.39. The molecule has 1 aromatic rings. The molecule has 0 spiro atoms. The van der Waals surface area contributed by atoms with E-state index in [4.69, 9.17) is 5.11 Å². The highest BCUT2D eigenvalue weighted by Crippen LogP contribution is 2.41. The van der Waals surface area contributed by atoms with E-state index < -0.39 is 6.17 Å². The topological polar surface area (TPSA) is 50.9 Å². The quantitative estimate of drug-likeness (QED) is 0.851. The van der Waals surface area contributed by atoms with Crippen LogP contribution in [0.3, 0.4) is 0 Å². The molecule has 4 nitrogen and oxygen atoms in total. The first-order chi connectivity index (χ1) is 8.29. The molecule has 2 heterocycles. The summed E-state index contributed by atoms with van der Waals surface area (Å²) in [5, 5.41) is 13.2. The van der Waals surface area contributed by atoms with Gasteiger partial charge in [-0.15, -0.1) is 0 Å². The highest BCUT2D eigenvalue weighted by Gasteiger charge is 2.37. The van der Waals surface area contributed by atoms with Gasteiger partial charge >= 0.3 is 0 Å². The summed E-state index contributed by atoms with van der Waals surface area (Å²) < 4.78 is 15.5. The summed E-state index contributed by atoms with van der Waals surface area (Å²) in [5.41, 5.74) is 0. The average molecular weight is 235 g/mol. The summed E-state index contributed by atoms with van der Waals surface area (Å²) >= 11 is 0. The van der Waals surface area contributed by atoms with Crippen molar-refractivity contribution in [3.63, 3.8) is 0 Å². The van der Waals surface area contributed by atoms with Crippen LogP contribution in [0.2, 0.25) is 0 Å². The second-order valence-electron chi connectivity index (χ2n) is 4.47. The smallest absolute Gasteiger partial charge is 0.176 e. The highest BCUT2D eigenvalue weighted by atomic mass is 19.1. The molecular weight excluding hydrogens is 221 g/mol. The predicted octanol–water partition coefficient (Wildman–Crippen LogP) is 1.86. The number of hydrogen-bond donors (Lipinski definition) is 1. The third kappa shape index (κ3) is 1.70. The molecule has 1 aliphatic heterocycles. The zero-order valence-electron chi connectivity index (χ0n) is 9.33. The third-order valence-corrected chi connectivity index (χ3v) is 3.39. The van der Waals surface area contributed by atoms with Gasteiger partial charge in [0.05, 0.1) is 6.04 Å². The Morgan fingerprint density at radius 2 is 2.35 bits per heavy atom. The highest BCUT2D eigenvalue weighted by molar-refractivity contribution is 5.15. The van der Waals surface area contributed by atoms with Gasteiger partial charge in [0.2, 0.25) is 0 Å². The molecule has 1 aliphatic carbocycles. The number of aliphatic hydroxyl groups is 1. The molecule has 17 heavy (non-hydrogen) atoms. The van der Waals surface area contributed by atoms with Crippen molar-refractivity contribution >= 4 is 0 Å². The molecule has 0 saturated heterocycles. The normalized spacial score (nSPS) is 30.8. The maximum atomic E-state index is 13.8. The molecule has 90 valence electrons. The van der Waals surface area contributed by atoms with Gasteiger partial charge in [0.15, 0.2) is 17.8 Å². The molecule has 0 amide bonds. The number of fused-ring (bicyclic) bond motifs is 1. The monoisotopic (exact) mass is 235 g/mol. The van der Waals surface area contributed by atoms with Crippen LogP contribution >= 0.6 is 0 Å². The Morgan fingerprint density at radius 3 is 3.06 bits per heavy atom. The van der Waals surface area contributed by atoms with Crippen molar-refractivity contribution < 1.29 is 9.50 Å². The molecular formula is C12H14FN3O. The Hall–Kier alpha value is -1.49. The predicted molar refractivity (Wildman–Crippen MR) is 59.8 cm³/mol. The van der Waals surface area contributed by atoms with Crippen LogP contribution in [-0.2, 0) is 6.61 Å². The number of aliphatic hydroxyl groups excluding tert-OH is 1. The molecule has 0 radical (unpaired) electrons. The van der Waals surface area contributed by atoms with Crippen LogP contribution < -0.4 is 0 Å². The fraction of sp³-hybridized carbons (Fsp3) is 0.500. The van der Waals surface area contributed by atoms with E-state index >= 15 is 0 Å². The van der Waals surface area contributed by atoms with Crippen LogP contribution in [-0.4, -0.2) is 19.9 Å². The van der Waals surface area contributed by atoms with Gasteiger partial charge in [-0.1, -0.05) is 24.3 Å². The summed E-state index contributed by atoms with van der Waals surface area (Å²) in [6.45, 7) is -0.236. The van der Waals surface area contributed by atoms with E-state index in [2.05, 4.69) is 22.2 Å². The molecule has 0 aromatic carbocycles. The number of aromatic nitrogens is 3. The first-order valence-corrected chi connectivity index (χ1v) is 5.83. The minimum atomic E-state index is -1.06. The summed E-state index contributed by atoms with van der Waals surface area (Å²) in [7, 11) is 0. The van der Waals surface area contributed by atoms with Crippen molar-refractivity contribution in [2.45, 2.75) is 31.7 Å². The molecule has 0 saturated carbocycles. The van der Waals surface area contributed by atoms with E-state index in [1.165, 1.54) is 0 Å². The van der Waals surface area contributed by atoms with Crippen LogP contribution in [0, 0.1) is 5.92 Å². The molecule has 0 fully saturated rings. The van der Waals surface area contributed by atoms with E-state index in [9.17, 15) is 4.39 Å². The van der Waals surface area contributed by atoms with E-state index in [0.717, 1.165) is 6.42 Å².